The zero-order chi connectivity index (χ0) is 16.7. The van der Waals surface area contributed by atoms with Crippen LogP contribution in [0.5, 0.6) is 0 Å². The lowest BCUT2D eigenvalue weighted by Crippen LogP contribution is -2.15. The third kappa shape index (κ3) is 2.23. The van der Waals surface area contributed by atoms with Crippen LogP contribution in [0.25, 0.3) is 22.2 Å². The number of carbonyl (C=O) groups excluding carboxylic acids is 1. The Morgan fingerprint density at radius 3 is 2.75 bits per heavy atom. The molecule has 0 radical (unpaired) electrons. The third-order valence-corrected chi connectivity index (χ3v) is 4.93. The lowest BCUT2D eigenvalue weighted by molar-refractivity contribution is 0.112. The summed E-state index contributed by atoms with van der Waals surface area (Å²) in [5.41, 5.74) is 5.45. The second-order valence-corrected chi connectivity index (χ2v) is 6.48. The molecule has 0 amide bonds. The number of aromatic nitrogens is 4. The molecule has 3 heterocycles. The highest BCUT2D eigenvalue weighted by Gasteiger charge is 2.28. The summed E-state index contributed by atoms with van der Waals surface area (Å²) < 4.78 is 1.90. The van der Waals surface area contributed by atoms with Crippen LogP contribution in [0.3, 0.4) is 0 Å². The van der Waals surface area contributed by atoms with Gasteiger partial charge in [-0.25, -0.2) is 9.67 Å². The van der Waals surface area contributed by atoms with Crippen molar-refractivity contribution in [1.29, 1.82) is 0 Å². The SMILES string of the molecule is CCn1ncc2c(-c3cncc(C)c3)c(C=O)c(C3CCC3)nc21. The first-order valence-electron chi connectivity index (χ1n) is 8.49. The summed E-state index contributed by atoms with van der Waals surface area (Å²) >= 11 is 0. The highest BCUT2D eigenvalue weighted by atomic mass is 16.1. The molecule has 24 heavy (non-hydrogen) atoms. The fourth-order valence-corrected chi connectivity index (χ4v) is 3.47. The summed E-state index contributed by atoms with van der Waals surface area (Å²) in [6.45, 7) is 4.82. The van der Waals surface area contributed by atoms with Crippen LogP contribution in [-0.4, -0.2) is 26.0 Å². The van der Waals surface area contributed by atoms with E-state index in [1.807, 2.05) is 30.2 Å². The molecule has 0 aliphatic heterocycles. The zero-order valence-electron chi connectivity index (χ0n) is 14.0. The summed E-state index contributed by atoms with van der Waals surface area (Å²) in [7, 11) is 0. The van der Waals surface area contributed by atoms with E-state index in [4.69, 9.17) is 4.98 Å². The molecule has 1 aliphatic carbocycles. The van der Waals surface area contributed by atoms with Crippen LogP contribution in [0.1, 0.15) is 53.7 Å². The predicted molar refractivity (Wildman–Crippen MR) is 93.1 cm³/mol. The van der Waals surface area contributed by atoms with E-state index in [0.717, 1.165) is 59.1 Å². The minimum Gasteiger partial charge on any atom is -0.298 e. The summed E-state index contributed by atoms with van der Waals surface area (Å²) in [4.78, 5) is 21.2. The van der Waals surface area contributed by atoms with Gasteiger partial charge < -0.3 is 0 Å². The molecule has 0 saturated heterocycles. The Balaban J connectivity index is 2.08. The van der Waals surface area contributed by atoms with Gasteiger partial charge >= 0.3 is 0 Å². The molecule has 3 aromatic heterocycles. The fourth-order valence-electron chi connectivity index (χ4n) is 3.47. The number of aldehydes is 1. The van der Waals surface area contributed by atoms with Gasteiger partial charge in [0.2, 0.25) is 0 Å². The maximum absolute atomic E-state index is 12.0. The first-order valence-corrected chi connectivity index (χ1v) is 8.49. The molecule has 122 valence electrons. The summed E-state index contributed by atoms with van der Waals surface area (Å²) in [6, 6.07) is 2.07. The normalized spacial score (nSPS) is 14.8. The van der Waals surface area contributed by atoms with Gasteiger partial charge in [0.05, 0.1) is 11.9 Å². The molecule has 3 aromatic rings. The van der Waals surface area contributed by atoms with Crippen molar-refractivity contribution in [2.24, 2.45) is 0 Å². The Morgan fingerprint density at radius 2 is 2.12 bits per heavy atom. The van der Waals surface area contributed by atoms with Crippen LogP contribution in [0.4, 0.5) is 0 Å². The minimum absolute atomic E-state index is 0.381. The maximum atomic E-state index is 12.0. The van der Waals surface area contributed by atoms with Crippen LogP contribution in [-0.2, 0) is 6.54 Å². The van der Waals surface area contributed by atoms with Crippen molar-refractivity contribution in [2.45, 2.75) is 45.6 Å². The highest BCUT2D eigenvalue weighted by Crippen LogP contribution is 2.41. The average Bonchev–Trinajstić information content (AvgIpc) is 2.94. The molecule has 0 atom stereocenters. The van der Waals surface area contributed by atoms with Crippen LogP contribution in [0, 0.1) is 6.92 Å². The second-order valence-electron chi connectivity index (χ2n) is 6.48. The highest BCUT2D eigenvalue weighted by molar-refractivity contribution is 6.02. The van der Waals surface area contributed by atoms with E-state index < -0.39 is 0 Å². The topological polar surface area (TPSA) is 60.7 Å². The van der Waals surface area contributed by atoms with E-state index in [1.54, 1.807) is 0 Å². The molecule has 0 unspecified atom stereocenters. The largest absolute Gasteiger partial charge is 0.298 e. The van der Waals surface area contributed by atoms with Gasteiger partial charge in [0.1, 0.15) is 0 Å². The van der Waals surface area contributed by atoms with Gasteiger partial charge in [-0.15, -0.1) is 0 Å². The Morgan fingerprint density at radius 1 is 1.29 bits per heavy atom. The van der Waals surface area contributed by atoms with Crippen molar-refractivity contribution < 1.29 is 4.79 Å². The average molecular weight is 320 g/mol. The zero-order valence-corrected chi connectivity index (χ0v) is 14.0. The summed E-state index contributed by atoms with van der Waals surface area (Å²) in [6.07, 6.45) is 9.84. The van der Waals surface area contributed by atoms with Crippen LogP contribution >= 0.6 is 0 Å². The maximum Gasteiger partial charge on any atom is 0.158 e. The van der Waals surface area contributed by atoms with Gasteiger partial charge in [-0.05, 0) is 38.3 Å². The molecule has 1 fully saturated rings. The van der Waals surface area contributed by atoms with Crippen molar-refractivity contribution in [3.05, 3.63) is 41.5 Å². The number of rotatable bonds is 4. The molecule has 0 spiro atoms. The molecule has 0 N–H and O–H groups in total. The number of fused-ring (bicyclic) bond motifs is 1. The molecule has 1 saturated carbocycles. The van der Waals surface area contributed by atoms with Gasteiger partial charge in [-0.1, -0.05) is 6.42 Å². The van der Waals surface area contributed by atoms with E-state index in [-0.39, 0.29) is 0 Å². The lowest BCUT2D eigenvalue weighted by Gasteiger charge is -2.27. The Labute approximate surface area is 140 Å². The third-order valence-electron chi connectivity index (χ3n) is 4.93. The van der Waals surface area contributed by atoms with Crippen molar-refractivity contribution in [1.82, 2.24) is 19.7 Å². The number of pyridine rings is 2. The van der Waals surface area contributed by atoms with E-state index in [0.29, 0.717) is 11.5 Å². The fraction of sp³-hybridized carbons (Fsp3) is 0.368. The molecule has 5 nitrogen and oxygen atoms in total. The molecule has 1 aliphatic rings. The standard InChI is InChI=1S/C19H20N4O/c1-3-23-19-15(10-21-23)17(14-7-12(2)8-20-9-14)16(11-24)18(22-19)13-5-4-6-13/h7-11,13H,3-6H2,1-2H3. The molecule has 5 heteroatoms. The lowest BCUT2D eigenvalue weighted by atomic mass is 9.79. The van der Waals surface area contributed by atoms with Crippen molar-refractivity contribution in [2.75, 3.05) is 0 Å². The smallest absolute Gasteiger partial charge is 0.158 e. The number of carbonyl (C=O) groups is 1. The van der Waals surface area contributed by atoms with Crippen molar-refractivity contribution in [3.8, 4) is 11.1 Å². The van der Waals surface area contributed by atoms with Gasteiger partial charge in [-0.2, -0.15) is 5.10 Å². The van der Waals surface area contributed by atoms with E-state index in [1.165, 1.54) is 6.42 Å². The van der Waals surface area contributed by atoms with Crippen LogP contribution in [0.15, 0.2) is 24.7 Å². The molecule has 0 aromatic carbocycles. The summed E-state index contributed by atoms with van der Waals surface area (Å²) in [5.74, 6) is 0.381. The minimum atomic E-state index is 0.381. The van der Waals surface area contributed by atoms with Gasteiger partial charge in [0.25, 0.3) is 0 Å². The Bertz CT molecular complexity index is 925. The number of hydrogen-bond donors (Lipinski definition) is 0. The van der Waals surface area contributed by atoms with Crippen molar-refractivity contribution in [3.63, 3.8) is 0 Å². The number of hydrogen-bond acceptors (Lipinski definition) is 4. The quantitative estimate of drug-likeness (QED) is 0.684. The van der Waals surface area contributed by atoms with E-state index >= 15 is 0 Å². The van der Waals surface area contributed by atoms with Gasteiger partial charge in [0.15, 0.2) is 11.9 Å². The predicted octanol–water partition coefficient (Wildman–Crippen LogP) is 3.90. The van der Waals surface area contributed by atoms with Gasteiger partial charge in [0, 0.05) is 46.9 Å². The number of nitrogens with zero attached hydrogens (tertiary/aromatic N) is 4. The Kier molecular flexibility index (Phi) is 3.63. The van der Waals surface area contributed by atoms with Crippen molar-refractivity contribution >= 4 is 17.3 Å². The van der Waals surface area contributed by atoms with Crippen LogP contribution < -0.4 is 0 Å². The first-order chi connectivity index (χ1) is 11.7. The van der Waals surface area contributed by atoms with E-state index in [9.17, 15) is 4.79 Å². The molecular weight excluding hydrogens is 300 g/mol. The molecular formula is C19H20N4O. The van der Waals surface area contributed by atoms with E-state index in [2.05, 4.69) is 23.1 Å². The molecule has 4 rings (SSSR count). The van der Waals surface area contributed by atoms with Crippen LogP contribution in [0.2, 0.25) is 0 Å². The summed E-state index contributed by atoms with van der Waals surface area (Å²) in [5, 5.41) is 5.39. The van der Waals surface area contributed by atoms with Gasteiger partial charge in [-0.3, -0.25) is 9.78 Å². The Hall–Kier alpha value is -2.56. The number of aryl methyl sites for hydroxylation is 2. The first kappa shape index (κ1) is 15.0. The molecule has 0 bridgehead atoms. The monoisotopic (exact) mass is 320 g/mol. The second kappa shape index (κ2) is 5.82.